The molecular formula is C19H24N2. The Morgan fingerprint density at radius 1 is 0.952 bits per heavy atom. The van der Waals surface area contributed by atoms with Gasteiger partial charge < -0.3 is 5.32 Å². The van der Waals surface area contributed by atoms with E-state index in [9.17, 15) is 0 Å². The van der Waals surface area contributed by atoms with E-state index >= 15 is 0 Å². The zero-order valence-electron chi connectivity index (χ0n) is 12.7. The molecule has 0 radical (unpaired) electrons. The van der Waals surface area contributed by atoms with E-state index in [0.717, 1.165) is 5.92 Å². The maximum Gasteiger partial charge on any atom is 0.0295 e. The Morgan fingerprint density at radius 3 is 2.29 bits per heavy atom. The second-order valence-electron chi connectivity index (χ2n) is 6.13. The third-order valence-electron chi connectivity index (χ3n) is 4.69. The highest BCUT2D eigenvalue weighted by Gasteiger charge is 2.23. The van der Waals surface area contributed by atoms with Crippen LogP contribution < -0.4 is 5.32 Å². The molecule has 1 aromatic carbocycles. The minimum Gasteiger partial charge on any atom is -0.307 e. The summed E-state index contributed by atoms with van der Waals surface area (Å²) in [4.78, 5) is 4.09. The van der Waals surface area contributed by atoms with Crippen LogP contribution in [0.4, 0.5) is 0 Å². The quantitative estimate of drug-likeness (QED) is 0.894. The molecule has 21 heavy (non-hydrogen) atoms. The smallest absolute Gasteiger partial charge is 0.0295 e. The van der Waals surface area contributed by atoms with Gasteiger partial charge in [-0.15, -0.1) is 0 Å². The van der Waals surface area contributed by atoms with Crippen LogP contribution in [0.2, 0.25) is 0 Å². The summed E-state index contributed by atoms with van der Waals surface area (Å²) < 4.78 is 0. The summed E-state index contributed by atoms with van der Waals surface area (Å²) in [5, 5.41) is 3.78. The van der Waals surface area contributed by atoms with E-state index in [4.69, 9.17) is 0 Å². The van der Waals surface area contributed by atoms with Gasteiger partial charge in [0.05, 0.1) is 0 Å². The first-order valence-corrected chi connectivity index (χ1v) is 8.04. The molecule has 1 heterocycles. The summed E-state index contributed by atoms with van der Waals surface area (Å²) in [6.45, 7) is 2.25. The SMILES string of the molecule is C[C@H](NC1CCC(c2ccccc2)CC1)c1ccncc1. The van der Waals surface area contributed by atoms with E-state index in [2.05, 4.69) is 59.7 Å². The first-order chi connectivity index (χ1) is 10.3. The number of benzene rings is 1. The van der Waals surface area contributed by atoms with Gasteiger partial charge >= 0.3 is 0 Å². The molecule has 110 valence electrons. The molecule has 0 aliphatic heterocycles. The number of hydrogen-bond acceptors (Lipinski definition) is 2. The summed E-state index contributed by atoms with van der Waals surface area (Å²) in [6, 6.07) is 16.2. The average Bonchev–Trinajstić information content (AvgIpc) is 2.57. The predicted molar refractivity (Wildman–Crippen MR) is 87.2 cm³/mol. The lowest BCUT2D eigenvalue weighted by molar-refractivity contribution is 0.322. The van der Waals surface area contributed by atoms with Gasteiger partial charge in [-0.1, -0.05) is 30.3 Å². The molecule has 2 heteroatoms. The Kier molecular flexibility index (Phi) is 4.66. The zero-order chi connectivity index (χ0) is 14.5. The van der Waals surface area contributed by atoms with Crippen LogP contribution in [0.5, 0.6) is 0 Å². The largest absolute Gasteiger partial charge is 0.307 e. The molecule has 0 unspecified atom stereocenters. The van der Waals surface area contributed by atoms with Crippen molar-refractivity contribution in [1.82, 2.24) is 10.3 Å². The maximum absolute atomic E-state index is 4.09. The molecular weight excluding hydrogens is 256 g/mol. The standard InChI is InChI=1S/C19H24N2/c1-15(16-11-13-20-14-12-16)21-19-9-7-18(8-10-19)17-5-3-2-4-6-17/h2-6,11-15,18-19,21H,7-10H2,1H3/t15-,18?,19?/m0/s1. The number of rotatable bonds is 4. The minimum atomic E-state index is 0.409. The van der Waals surface area contributed by atoms with Crippen LogP contribution >= 0.6 is 0 Å². The van der Waals surface area contributed by atoms with E-state index in [0.29, 0.717) is 12.1 Å². The Hall–Kier alpha value is -1.67. The van der Waals surface area contributed by atoms with Crippen molar-refractivity contribution in [3.63, 3.8) is 0 Å². The first kappa shape index (κ1) is 14.3. The monoisotopic (exact) mass is 280 g/mol. The van der Waals surface area contributed by atoms with Gasteiger partial charge in [-0.25, -0.2) is 0 Å². The number of nitrogens with zero attached hydrogens (tertiary/aromatic N) is 1. The van der Waals surface area contributed by atoms with Crippen molar-refractivity contribution in [2.24, 2.45) is 0 Å². The fourth-order valence-electron chi connectivity index (χ4n) is 3.42. The van der Waals surface area contributed by atoms with Gasteiger partial charge in [-0.2, -0.15) is 0 Å². The highest BCUT2D eigenvalue weighted by Crippen LogP contribution is 2.33. The Labute approximate surface area is 127 Å². The van der Waals surface area contributed by atoms with Gasteiger partial charge in [0.15, 0.2) is 0 Å². The van der Waals surface area contributed by atoms with Crippen molar-refractivity contribution in [3.05, 3.63) is 66.0 Å². The minimum absolute atomic E-state index is 0.409. The average molecular weight is 280 g/mol. The molecule has 0 bridgehead atoms. The molecule has 1 N–H and O–H groups in total. The van der Waals surface area contributed by atoms with Crippen LogP contribution in [-0.4, -0.2) is 11.0 Å². The molecule has 0 saturated heterocycles. The second-order valence-corrected chi connectivity index (χ2v) is 6.13. The van der Waals surface area contributed by atoms with E-state index in [1.165, 1.54) is 36.8 Å². The van der Waals surface area contributed by atoms with E-state index < -0.39 is 0 Å². The number of nitrogens with one attached hydrogen (secondary N) is 1. The van der Waals surface area contributed by atoms with Gasteiger partial charge in [0.25, 0.3) is 0 Å². The normalized spacial score (nSPS) is 23.7. The lowest BCUT2D eigenvalue weighted by Crippen LogP contribution is -2.34. The molecule has 2 nitrogen and oxygen atoms in total. The molecule has 1 aromatic heterocycles. The molecule has 1 aliphatic carbocycles. The molecule has 3 rings (SSSR count). The van der Waals surface area contributed by atoms with Crippen molar-refractivity contribution >= 4 is 0 Å². The van der Waals surface area contributed by atoms with Crippen LogP contribution in [0.1, 0.15) is 55.7 Å². The van der Waals surface area contributed by atoms with Crippen molar-refractivity contribution < 1.29 is 0 Å². The third-order valence-corrected chi connectivity index (χ3v) is 4.69. The predicted octanol–water partition coefficient (Wildman–Crippen LogP) is 4.46. The third kappa shape index (κ3) is 3.70. The van der Waals surface area contributed by atoms with Gasteiger partial charge in [0.1, 0.15) is 0 Å². The Morgan fingerprint density at radius 2 is 1.62 bits per heavy atom. The molecule has 1 atom stereocenters. The van der Waals surface area contributed by atoms with E-state index in [1.807, 2.05) is 12.4 Å². The fourth-order valence-corrected chi connectivity index (χ4v) is 3.42. The second kappa shape index (κ2) is 6.86. The molecule has 2 aromatic rings. The summed E-state index contributed by atoms with van der Waals surface area (Å²) >= 11 is 0. The van der Waals surface area contributed by atoms with Gasteiger partial charge in [-0.3, -0.25) is 4.98 Å². The van der Waals surface area contributed by atoms with Crippen molar-refractivity contribution in [1.29, 1.82) is 0 Å². The van der Waals surface area contributed by atoms with Gasteiger partial charge in [-0.05, 0) is 61.8 Å². The summed E-state index contributed by atoms with van der Waals surface area (Å²) in [7, 11) is 0. The highest BCUT2D eigenvalue weighted by atomic mass is 14.9. The number of hydrogen-bond donors (Lipinski definition) is 1. The molecule has 1 fully saturated rings. The first-order valence-electron chi connectivity index (χ1n) is 8.04. The lowest BCUT2D eigenvalue weighted by Gasteiger charge is -2.31. The summed E-state index contributed by atoms with van der Waals surface area (Å²) in [5.41, 5.74) is 2.84. The maximum atomic E-state index is 4.09. The van der Waals surface area contributed by atoms with E-state index in [-0.39, 0.29) is 0 Å². The topological polar surface area (TPSA) is 24.9 Å². The van der Waals surface area contributed by atoms with E-state index in [1.54, 1.807) is 0 Å². The lowest BCUT2D eigenvalue weighted by atomic mass is 9.81. The molecule has 0 amide bonds. The van der Waals surface area contributed by atoms with Crippen LogP contribution in [-0.2, 0) is 0 Å². The molecule has 1 saturated carbocycles. The van der Waals surface area contributed by atoms with Gasteiger partial charge in [0, 0.05) is 24.5 Å². The van der Waals surface area contributed by atoms with Crippen LogP contribution in [0, 0.1) is 0 Å². The zero-order valence-corrected chi connectivity index (χ0v) is 12.7. The number of pyridine rings is 1. The van der Waals surface area contributed by atoms with Crippen LogP contribution in [0.25, 0.3) is 0 Å². The Balaban J connectivity index is 1.52. The van der Waals surface area contributed by atoms with Crippen molar-refractivity contribution in [2.45, 2.75) is 50.6 Å². The molecule has 0 spiro atoms. The van der Waals surface area contributed by atoms with Crippen molar-refractivity contribution in [2.75, 3.05) is 0 Å². The van der Waals surface area contributed by atoms with Crippen molar-refractivity contribution in [3.8, 4) is 0 Å². The van der Waals surface area contributed by atoms with Gasteiger partial charge in [0.2, 0.25) is 0 Å². The summed E-state index contributed by atoms with van der Waals surface area (Å²) in [6.07, 6.45) is 8.89. The Bertz CT molecular complexity index is 530. The fraction of sp³-hybridized carbons (Fsp3) is 0.421. The highest BCUT2D eigenvalue weighted by molar-refractivity contribution is 5.20. The van der Waals surface area contributed by atoms with Crippen LogP contribution in [0.15, 0.2) is 54.9 Å². The summed E-state index contributed by atoms with van der Waals surface area (Å²) in [5.74, 6) is 0.750. The molecule has 1 aliphatic rings. The number of aromatic nitrogens is 1. The van der Waals surface area contributed by atoms with Crippen LogP contribution in [0.3, 0.4) is 0 Å².